The summed E-state index contributed by atoms with van der Waals surface area (Å²) in [6, 6.07) is 7.98. The Bertz CT molecular complexity index is 284. The number of aliphatic hydroxyl groups excluding tert-OH is 1. The van der Waals surface area contributed by atoms with Gasteiger partial charge in [0.1, 0.15) is 6.10 Å². The number of rotatable bonds is 6. The van der Waals surface area contributed by atoms with E-state index in [1.807, 2.05) is 18.2 Å². The SMILES string of the molecule is CCCOCC(O)c1ccccc1CC. The predicted molar refractivity (Wildman–Crippen MR) is 61.9 cm³/mol. The highest BCUT2D eigenvalue weighted by Crippen LogP contribution is 2.18. The summed E-state index contributed by atoms with van der Waals surface area (Å²) in [6.07, 6.45) is 1.44. The van der Waals surface area contributed by atoms with Crippen LogP contribution in [0.1, 0.15) is 37.5 Å². The fourth-order valence-electron chi connectivity index (χ4n) is 1.61. The van der Waals surface area contributed by atoms with E-state index in [9.17, 15) is 5.11 Å². The molecule has 1 atom stereocenters. The van der Waals surface area contributed by atoms with E-state index < -0.39 is 6.10 Å². The lowest BCUT2D eigenvalue weighted by Crippen LogP contribution is -2.09. The molecule has 15 heavy (non-hydrogen) atoms. The second-order valence-corrected chi connectivity index (χ2v) is 3.64. The summed E-state index contributed by atoms with van der Waals surface area (Å²) in [5.41, 5.74) is 2.20. The summed E-state index contributed by atoms with van der Waals surface area (Å²) in [7, 11) is 0. The van der Waals surface area contributed by atoms with Crippen molar-refractivity contribution in [1.29, 1.82) is 0 Å². The van der Waals surface area contributed by atoms with Crippen molar-refractivity contribution in [3.63, 3.8) is 0 Å². The maximum Gasteiger partial charge on any atom is 0.103 e. The normalized spacial score (nSPS) is 12.7. The number of benzene rings is 1. The molecule has 0 amide bonds. The number of aryl methyl sites for hydroxylation is 1. The van der Waals surface area contributed by atoms with Crippen molar-refractivity contribution in [2.75, 3.05) is 13.2 Å². The van der Waals surface area contributed by atoms with Crippen molar-refractivity contribution in [2.45, 2.75) is 32.8 Å². The predicted octanol–water partition coefficient (Wildman–Crippen LogP) is 2.71. The van der Waals surface area contributed by atoms with Crippen molar-refractivity contribution >= 4 is 0 Å². The Balaban J connectivity index is 2.59. The van der Waals surface area contributed by atoms with Gasteiger partial charge in [0.2, 0.25) is 0 Å². The van der Waals surface area contributed by atoms with Crippen molar-refractivity contribution in [1.82, 2.24) is 0 Å². The molecule has 1 aromatic rings. The van der Waals surface area contributed by atoms with E-state index in [1.165, 1.54) is 5.56 Å². The highest BCUT2D eigenvalue weighted by atomic mass is 16.5. The maximum absolute atomic E-state index is 9.93. The van der Waals surface area contributed by atoms with E-state index in [-0.39, 0.29) is 0 Å². The van der Waals surface area contributed by atoms with Crippen LogP contribution in [0.15, 0.2) is 24.3 Å². The van der Waals surface area contributed by atoms with Gasteiger partial charge in [-0.15, -0.1) is 0 Å². The molecule has 2 heteroatoms. The van der Waals surface area contributed by atoms with Crippen LogP contribution in [0.5, 0.6) is 0 Å². The maximum atomic E-state index is 9.93. The molecule has 0 bridgehead atoms. The lowest BCUT2D eigenvalue weighted by Gasteiger charge is -2.14. The van der Waals surface area contributed by atoms with E-state index in [0.29, 0.717) is 13.2 Å². The lowest BCUT2D eigenvalue weighted by molar-refractivity contribution is 0.0360. The molecular formula is C13H20O2. The molecule has 0 aliphatic rings. The van der Waals surface area contributed by atoms with Crippen LogP contribution in [-0.2, 0) is 11.2 Å². The third-order valence-electron chi connectivity index (χ3n) is 2.42. The Morgan fingerprint density at radius 2 is 2.00 bits per heavy atom. The van der Waals surface area contributed by atoms with Gasteiger partial charge in [-0.3, -0.25) is 0 Å². The minimum Gasteiger partial charge on any atom is -0.386 e. The van der Waals surface area contributed by atoms with E-state index >= 15 is 0 Å². The van der Waals surface area contributed by atoms with Gasteiger partial charge in [-0.25, -0.2) is 0 Å². The van der Waals surface area contributed by atoms with Gasteiger partial charge in [0.05, 0.1) is 6.61 Å². The zero-order valence-corrected chi connectivity index (χ0v) is 9.57. The molecule has 2 nitrogen and oxygen atoms in total. The Labute approximate surface area is 91.9 Å². The highest BCUT2D eigenvalue weighted by Gasteiger charge is 2.10. The summed E-state index contributed by atoms with van der Waals surface area (Å²) in [5.74, 6) is 0. The van der Waals surface area contributed by atoms with Crippen LogP contribution in [0.2, 0.25) is 0 Å². The molecule has 0 aliphatic carbocycles. The Kier molecular flexibility index (Phi) is 5.37. The van der Waals surface area contributed by atoms with Gasteiger partial charge in [0, 0.05) is 6.61 Å². The van der Waals surface area contributed by atoms with E-state index in [2.05, 4.69) is 19.9 Å². The fourth-order valence-corrected chi connectivity index (χ4v) is 1.61. The molecular weight excluding hydrogens is 188 g/mol. The average Bonchev–Trinajstić information content (AvgIpc) is 2.29. The van der Waals surface area contributed by atoms with E-state index in [4.69, 9.17) is 4.74 Å². The number of ether oxygens (including phenoxy) is 1. The standard InChI is InChI=1S/C13H20O2/c1-3-9-15-10-13(14)12-8-6-5-7-11(12)4-2/h5-8,13-14H,3-4,9-10H2,1-2H3. The van der Waals surface area contributed by atoms with Crippen LogP contribution in [0, 0.1) is 0 Å². The molecule has 0 aromatic heterocycles. The summed E-state index contributed by atoms with van der Waals surface area (Å²) < 4.78 is 5.35. The Hall–Kier alpha value is -0.860. The first-order chi connectivity index (χ1) is 7.29. The Morgan fingerprint density at radius 3 is 2.67 bits per heavy atom. The van der Waals surface area contributed by atoms with Crippen LogP contribution in [-0.4, -0.2) is 18.3 Å². The fraction of sp³-hybridized carbons (Fsp3) is 0.538. The first-order valence-corrected chi connectivity index (χ1v) is 5.63. The molecule has 1 unspecified atom stereocenters. The van der Waals surface area contributed by atoms with E-state index in [0.717, 1.165) is 18.4 Å². The molecule has 0 aliphatic heterocycles. The van der Waals surface area contributed by atoms with Crippen LogP contribution < -0.4 is 0 Å². The topological polar surface area (TPSA) is 29.5 Å². The summed E-state index contributed by atoms with van der Waals surface area (Å²) in [6.45, 7) is 5.26. The van der Waals surface area contributed by atoms with Gasteiger partial charge < -0.3 is 9.84 Å². The highest BCUT2D eigenvalue weighted by molar-refractivity contribution is 5.28. The van der Waals surface area contributed by atoms with Crippen LogP contribution in [0.4, 0.5) is 0 Å². The second kappa shape index (κ2) is 6.59. The van der Waals surface area contributed by atoms with Crippen LogP contribution in [0.25, 0.3) is 0 Å². The molecule has 0 fully saturated rings. The lowest BCUT2D eigenvalue weighted by atomic mass is 10.0. The minimum atomic E-state index is -0.493. The van der Waals surface area contributed by atoms with E-state index in [1.54, 1.807) is 0 Å². The number of hydrogen-bond donors (Lipinski definition) is 1. The third kappa shape index (κ3) is 3.65. The van der Waals surface area contributed by atoms with Gasteiger partial charge >= 0.3 is 0 Å². The van der Waals surface area contributed by atoms with Crippen LogP contribution >= 0.6 is 0 Å². The number of hydrogen-bond acceptors (Lipinski definition) is 2. The van der Waals surface area contributed by atoms with Crippen molar-refractivity contribution < 1.29 is 9.84 Å². The molecule has 1 rings (SSSR count). The zero-order valence-electron chi connectivity index (χ0n) is 9.57. The smallest absolute Gasteiger partial charge is 0.103 e. The zero-order chi connectivity index (χ0) is 11.1. The molecule has 84 valence electrons. The van der Waals surface area contributed by atoms with Crippen molar-refractivity contribution in [2.24, 2.45) is 0 Å². The molecule has 1 aromatic carbocycles. The Morgan fingerprint density at radius 1 is 1.27 bits per heavy atom. The van der Waals surface area contributed by atoms with Gasteiger partial charge in [-0.2, -0.15) is 0 Å². The molecule has 0 heterocycles. The van der Waals surface area contributed by atoms with Crippen molar-refractivity contribution in [3.8, 4) is 0 Å². The second-order valence-electron chi connectivity index (χ2n) is 3.64. The molecule has 0 radical (unpaired) electrons. The molecule has 0 saturated carbocycles. The van der Waals surface area contributed by atoms with Gasteiger partial charge in [0.15, 0.2) is 0 Å². The van der Waals surface area contributed by atoms with Crippen molar-refractivity contribution in [3.05, 3.63) is 35.4 Å². The largest absolute Gasteiger partial charge is 0.386 e. The summed E-state index contributed by atoms with van der Waals surface area (Å²) in [5, 5.41) is 9.93. The van der Waals surface area contributed by atoms with Gasteiger partial charge in [0.25, 0.3) is 0 Å². The molecule has 0 saturated heterocycles. The molecule has 1 N–H and O–H groups in total. The summed E-state index contributed by atoms with van der Waals surface area (Å²) >= 11 is 0. The van der Waals surface area contributed by atoms with Gasteiger partial charge in [-0.05, 0) is 24.0 Å². The van der Waals surface area contributed by atoms with Gasteiger partial charge in [-0.1, -0.05) is 38.1 Å². The monoisotopic (exact) mass is 208 g/mol. The van der Waals surface area contributed by atoms with Crippen LogP contribution in [0.3, 0.4) is 0 Å². The first-order valence-electron chi connectivity index (χ1n) is 5.63. The first kappa shape index (κ1) is 12.2. The molecule has 0 spiro atoms. The minimum absolute atomic E-state index is 0.394. The summed E-state index contributed by atoms with van der Waals surface area (Å²) in [4.78, 5) is 0. The third-order valence-corrected chi connectivity index (χ3v) is 2.42. The number of aliphatic hydroxyl groups is 1. The average molecular weight is 208 g/mol. The quantitative estimate of drug-likeness (QED) is 0.728.